The molecule has 0 aliphatic carbocycles. The summed E-state index contributed by atoms with van der Waals surface area (Å²) in [6.45, 7) is 2.72. The molecule has 0 fully saturated rings. The third-order valence-electron chi connectivity index (χ3n) is 4.29. The quantitative estimate of drug-likeness (QED) is 0.580. The van der Waals surface area contributed by atoms with E-state index in [0.717, 1.165) is 11.1 Å². The zero-order valence-electron chi connectivity index (χ0n) is 15.9. The molecule has 0 saturated carbocycles. The van der Waals surface area contributed by atoms with Gasteiger partial charge in [0.2, 0.25) is 0 Å². The third kappa shape index (κ3) is 4.31. The Morgan fingerprint density at radius 3 is 2.61 bits per heavy atom. The highest BCUT2D eigenvalue weighted by Gasteiger charge is 2.19. The zero-order valence-corrected chi connectivity index (χ0v) is 16.8. The Balaban J connectivity index is 1.81. The average Bonchev–Trinajstić information content (AvgIpc) is 3.21. The largest absolute Gasteiger partial charge is 0.493 e. The molecular weight excluding hydrogens is 379 g/mol. The first kappa shape index (κ1) is 19.8. The molecule has 1 amide bonds. The molecule has 1 heterocycles. The fraction of sp³-hybridized carbons (Fsp3) is 0.238. The van der Waals surface area contributed by atoms with Crippen molar-refractivity contribution in [1.29, 1.82) is 0 Å². The van der Waals surface area contributed by atoms with Gasteiger partial charge in [0.05, 0.1) is 14.2 Å². The number of aromatic nitrogens is 1. The summed E-state index contributed by atoms with van der Waals surface area (Å²) < 4.78 is 24.0. The third-order valence-corrected chi connectivity index (χ3v) is 5.18. The van der Waals surface area contributed by atoms with E-state index < -0.39 is 0 Å². The van der Waals surface area contributed by atoms with Crippen molar-refractivity contribution in [2.24, 2.45) is 0 Å². The molecule has 7 heteroatoms. The summed E-state index contributed by atoms with van der Waals surface area (Å²) in [4.78, 5) is 19.0. The number of amides is 1. The van der Waals surface area contributed by atoms with Crippen LogP contribution in [0.4, 0.5) is 4.39 Å². The Morgan fingerprint density at radius 2 is 1.93 bits per heavy atom. The molecule has 2 aromatic carbocycles. The molecule has 0 saturated heterocycles. The van der Waals surface area contributed by atoms with E-state index in [2.05, 4.69) is 4.98 Å². The van der Waals surface area contributed by atoms with Crippen LogP contribution >= 0.6 is 11.3 Å². The van der Waals surface area contributed by atoms with Crippen LogP contribution in [-0.4, -0.2) is 36.6 Å². The monoisotopic (exact) mass is 400 g/mol. The lowest BCUT2D eigenvalue weighted by Crippen LogP contribution is -2.30. The summed E-state index contributed by atoms with van der Waals surface area (Å²) in [6.07, 6.45) is 0. The molecule has 3 aromatic rings. The van der Waals surface area contributed by atoms with Crippen molar-refractivity contribution in [3.63, 3.8) is 0 Å². The molecular formula is C21H21FN2O3S. The number of nitrogens with zero attached hydrogens (tertiary/aromatic N) is 2. The van der Waals surface area contributed by atoms with Crippen LogP contribution in [0.15, 0.2) is 47.8 Å². The fourth-order valence-corrected chi connectivity index (χ4v) is 3.61. The summed E-state index contributed by atoms with van der Waals surface area (Å²) in [5.74, 6) is 0.732. The van der Waals surface area contributed by atoms with E-state index in [1.54, 1.807) is 42.7 Å². The normalized spacial score (nSPS) is 10.6. The zero-order chi connectivity index (χ0) is 20.1. The summed E-state index contributed by atoms with van der Waals surface area (Å²) in [5.41, 5.74) is 1.95. The van der Waals surface area contributed by atoms with Crippen molar-refractivity contribution < 1.29 is 18.7 Å². The second-order valence-corrected chi connectivity index (χ2v) is 6.92. The number of benzene rings is 2. The van der Waals surface area contributed by atoms with Crippen LogP contribution in [-0.2, 0) is 6.54 Å². The van der Waals surface area contributed by atoms with Crippen LogP contribution in [0.1, 0.15) is 23.0 Å². The minimum atomic E-state index is -0.314. The van der Waals surface area contributed by atoms with Gasteiger partial charge in [-0.3, -0.25) is 4.79 Å². The van der Waals surface area contributed by atoms with Crippen molar-refractivity contribution >= 4 is 17.2 Å². The van der Waals surface area contributed by atoms with E-state index in [0.29, 0.717) is 35.3 Å². The van der Waals surface area contributed by atoms with E-state index >= 15 is 0 Å². The molecule has 28 heavy (non-hydrogen) atoms. The molecule has 0 N–H and O–H groups in total. The average molecular weight is 400 g/mol. The van der Waals surface area contributed by atoms with E-state index in [9.17, 15) is 9.18 Å². The van der Waals surface area contributed by atoms with Crippen LogP contribution in [0.5, 0.6) is 11.5 Å². The fourth-order valence-electron chi connectivity index (χ4n) is 2.82. The number of hydrogen-bond acceptors (Lipinski definition) is 5. The van der Waals surface area contributed by atoms with E-state index in [4.69, 9.17) is 9.47 Å². The standard InChI is InChI=1S/C21H21FN2O3S/c1-4-24(12-14-6-5-7-16(22)10-14)21(25)17-13-28-20(23-17)15-8-9-18(26-2)19(11-15)27-3/h5-11,13H,4,12H2,1-3H3. The van der Waals surface area contributed by atoms with Gasteiger partial charge in [-0.1, -0.05) is 12.1 Å². The van der Waals surface area contributed by atoms with E-state index in [1.807, 2.05) is 19.1 Å². The first-order valence-corrected chi connectivity index (χ1v) is 9.65. The maximum absolute atomic E-state index is 13.4. The van der Waals surface area contributed by atoms with Crippen LogP contribution < -0.4 is 9.47 Å². The van der Waals surface area contributed by atoms with Gasteiger partial charge in [0.25, 0.3) is 5.91 Å². The van der Waals surface area contributed by atoms with Gasteiger partial charge >= 0.3 is 0 Å². The second kappa shape index (κ2) is 8.84. The Bertz CT molecular complexity index is 974. The lowest BCUT2D eigenvalue weighted by atomic mass is 10.2. The number of halogens is 1. The maximum atomic E-state index is 13.4. The minimum Gasteiger partial charge on any atom is -0.493 e. The highest BCUT2D eigenvalue weighted by molar-refractivity contribution is 7.13. The number of carbonyl (C=O) groups excluding carboxylic acids is 1. The number of hydrogen-bond donors (Lipinski definition) is 0. The Labute approximate surface area is 167 Å². The first-order chi connectivity index (χ1) is 13.5. The van der Waals surface area contributed by atoms with Gasteiger partial charge in [0.15, 0.2) is 11.5 Å². The first-order valence-electron chi connectivity index (χ1n) is 8.77. The number of rotatable bonds is 7. The predicted molar refractivity (Wildman–Crippen MR) is 107 cm³/mol. The van der Waals surface area contributed by atoms with E-state index in [1.165, 1.54) is 23.5 Å². The summed E-state index contributed by atoms with van der Waals surface area (Å²) in [6, 6.07) is 11.8. The predicted octanol–water partition coefficient (Wildman–Crippen LogP) is 4.63. The molecule has 0 aliphatic heterocycles. The van der Waals surface area contributed by atoms with Gasteiger partial charge in [-0.2, -0.15) is 0 Å². The minimum absolute atomic E-state index is 0.185. The topological polar surface area (TPSA) is 51.7 Å². The molecule has 0 bridgehead atoms. The lowest BCUT2D eigenvalue weighted by molar-refractivity contribution is 0.0747. The van der Waals surface area contributed by atoms with Crippen molar-refractivity contribution in [2.75, 3.05) is 20.8 Å². The van der Waals surface area contributed by atoms with Crippen LogP contribution in [0.3, 0.4) is 0 Å². The molecule has 0 aliphatic rings. The van der Waals surface area contributed by atoms with Crippen LogP contribution in [0, 0.1) is 5.82 Å². The number of carbonyl (C=O) groups is 1. The van der Waals surface area contributed by atoms with Gasteiger partial charge in [-0.15, -0.1) is 11.3 Å². The van der Waals surface area contributed by atoms with Crippen LogP contribution in [0.25, 0.3) is 10.6 Å². The van der Waals surface area contributed by atoms with Crippen molar-refractivity contribution in [2.45, 2.75) is 13.5 Å². The summed E-state index contributed by atoms with van der Waals surface area (Å²) in [7, 11) is 3.15. The molecule has 3 rings (SSSR count). The molecule has 0 unspecified atom stereocenters. The Kier molecular flexibility index (Phi) is 6.26. The Morgan fingerprint density at radius 1 is 1.14 bits per heavy atom. The molecule has 0 atom stereocenters. The lowest BCUT2D eigenvalue weighted by Gasteiger charge is -2.20. The maximum Gasteiger partial charge on any atom is 0.273 e. The molecule has 1 aromatic heterocycles. The Hall–Kier alpha value is -2.93. The molecule has 0 spiro atoms. The SMILES string of the molecule is CCN(Cc1cccc(F)c1)C(=O)c1csc(-c2ccc(OC)c(OC)c2)n1. The van der Waals surface area contributed by atoms with Crippen LogP contribution in [0.2, 0.25) is 0 Å². The van der Waals surface area contributed by atoms with Crippen molar-refractivity contribution in [3.05, 3.63) is 64.9 Å². The highest BCUT2D eigenvalue weighted by Crippen LogP contribution is 2.33. The summed E-state index contributed by atoms with van der Waals surface area (Å²) in [5, 5.41) is 2.45. The number of thiazole rings is 1. The summed E-state index contributed by atoms with van der Waals surface area (Å²) >= 11 is 1.39. The van der Waals surface area contributed by atoms with E-state index in [-0.39, 0.29) is 11.7 Å². The van der Waals surface area contributed by atoms with Crippen molar-refractivity contribution in [1.82, 2.24) is 9.88 Å². The molecule has 5 nitrogen and oxygen atoms in total. The van der Waals surface area contributed by atoms with Gasteiger partial charge in [0, 0.05) is 24.0 Å². The van der Waals surface area contributed by atoms with Crippen molar-refractivity contribution in [3.8, 4) is 22.1 Å². The molecule has 146 valence electrons. The van der Waals surface area contributed by atoms with Gasteiger partial charge in [-0.05, 0) is 42.8 Å². The molecule has 0 radical (unpaired) electrons. The van der Waals surface area contributed by atoms with Gasteiger partial charge in [-0.25, -0.2) is 9.37 Å². The second-order valence-electron chi connectivity index (χ2n) is 6.06. The van der Waals surface area contributed by atoms with Gasteiger partial charge < -0.3 is 14.4 Å². The van der Waals surface area contributed by atoms with Gasteiger partial charge in [0.1, 0.15) is 16.5 Å². The number of methoxy groups -OCH3 is 2. The smallest absolute Gasteiger partial charge is 0.273 e. The highest BCUT2D eigenvalue weighted by atomic mass is 32.1. The number of ether oxygens (including phenoxy) is 2.